The number of carbonyl (C=O) groups excluding carboxylic acids is 1. The molecule has 0 atom stereocenters. The van der Waals surface area contributed by atoms with Crippen LogP contribution in [0.5, 0.6) is 5.75 Å². The number of esters is 1. The molecular weight excluding hydrogens is 216 g/mol. The highest BCUT2D eigenvalue weighted by molar-refractivity contribution is 6.17. The van der Waals surface area contributed by atoms with Crippen LogP contribution in [-0.2, 0) is 4.74 Å². The Morgan fingerprint density at radius 2 is 2.27 bits per heavy atom. The summed E-state index contributed by atoms with van der Waals surface area (Å²) in [7, 11) is 1.35. The largest absolute Gasteiger partial charge is 0.494 e. The number of halogens is 1. The van der Waals surface area contributed by atoms with Gasteiger partial charge in [0.25, 0.3) is 0 Å². The van der Waals surface area contributed by atoms with Gasteiger partial charge in [-0.3, -0.25) is 0 Å². The minimum atomic E-state index is -0.363. The van der Waals surface area contributed by atoms with E-state index < -0.39 is 0 Å². The van der Waals surface area contributed by atoms with Gasteiger partial charge in [-0.25, -0.2) is 4.79 Å². The summed E-state index contributed by atoms with van der Waals surface area (Å²) < 4.78 is 9.99. The van der Waals surface area contributed by atoms with Crippen LogP contribution in [0.4, 0.5) is 0 Å². The van der Waals surface area contributed by atoms with E-state index in [4.69, 9.17) is 16.3 Å². The monoisotopic (exact) mass is 228 g/mol. The van der Waals surface area contributed by atoms with Gasteiger partial charge in [-0.05, 0) is 24.6 Å². The summed E-state index contributed by atoms with van der Waals surface area (Å²) in [5.41, 5.74) is 0.487. The first-order valence-electron chi connectivity index (χ1n) is 4.65. The van der Waals surface area contributed by atoms with E-state index in [9.17, 15) is 4.79 Å². The van der Waals surface area contributed by atoms with Crippen LogP contribution in [0.25, 0.3) is 0 Å². The molecule has 15 heavy (non-hydrogen) atoms. The van der Waals surface area contributed by atoms with Crippen molar-refractivity contribution in [1.29, 1.82) is 0 Å². The second kappa shape index (κ2) is 6.30. The molecule has 1 aromatic carbocycles. The maximum atomic E-state index is 11.2. The first-order chi connectivity index (χ1) is 7.27. The molecule has 0 aliphatic carbocycles. The van der Waals surface area contributed by atoms with E-state index in [1.54, 1.807) is 24.3 Å². The van der Waals surface area contributed by atoms with Gasteiger partial charge < -0.3 is 9.47 Å². The van der Waals surface area contributed by atoms with Gasteiger partial charge in [0.05, 0.1) is 19.3 Å². The predicted octanol–water partition coefficient (Wildman–Crippen LogP) is 2.48. The number of carbonyl (C=O) groups is 1. The molecule has 0 aliphatic heterocycles. The quantitative estimate of drug-likeness (QED) is 0.441. The molecule has 0 fully saturated rings. The van der Waals surface area contributed by atoms with Gasteiger partial charge in [0.15, 0.2) is 0 Å². The lowest BCUT2D eigenvalue weighted by Crippen LogP contribution is -2.02. The fourth-order valence-electron chi connectivity index (χ4n) is 1.08. The van der Waals surface area contributed by atoms with Gasteiger partial charge in [0.1, 0.15) is 5.75 Å². The van der Waals surface area contributed by atoms with Crippen molar-refractivity contribution in [1.82, 2.24) is 0 Å². The Morgan fingerprint density at radius 3 is 2.93 bits per heavy atom. The zero-order valence-corrected chi connectivity index (χ0v) is 9.29. The molecule has 0 saturated heterocycles. The molecule has 0 amide bonds. The molecule has 4 heteroatoms. The molecular formula is C11H13ClO3. The summed E-state index contributed by atoms with van der Waals surface area (Å²) >= 11 is 5.52. The molecule has 1 aromatic rings. The molecule has 0 spiro atoms. The van der Waals surface area contributed by atoms with Gasteiger partial charge in [-0.1, -0.05) is 6.07 Å². The summed E-state index contributed by atoms with van der Waals surface area (Å²) in [4.78, 5) is 11.2. The van der Waals surface area contributed by atoms with Gasteiger partial charge in [-0.2, -0.15) is 0 Å². The lowest BCUT2D eigenvalue weighted by molar-refractivity contribution is 0.0600. The minimum Gasteiger partial charge on any atom is -0.494 e. The van der Waals surface area contributed by atoms with E-state index in [0.29, 0.717) is 23.8 Å². The molecule has 3 nitrogen and oxygen atoms in total. The van der Waals surface area contributed by atoms with E-state index in [1.807, 2.05) is 0 Å². The van der Waals surface area contributed by atoms with Crippen molar-refractivity contribution in [2.75, 3.05) is 19.6 Å². The highest BCUT2D eigenvalue weighted by Crippen LogP contribution is 2.14. The molecule has 0 bridgehead atoms. The summed E-state index contributed by atoms with van der Waals surface area (Å²) in [6, 6.07) is 6.88. The lowest BCUT2D eigenvalue weighted by atomic mass is 10.2. The fraction of sp³-hybridized carbons (Fsp3) is 0.364. The first kappa shape index (κ1) is 11.9. The van der Waals surface area contributed by atoms with Crippen LogP contribution in [0.1, 0.15) is 16.8 Å². The third-order valence-electron chi connectivity index (χ3n) is 1.80. The number of benzene rings is 1. The average molecular weight is 229 g/mol. The second-order valence-electron chi connectivity index (χ2n) is 2.91. The van der Waals surface area contributed by atoms with Crippen LogP contribution >= 0.6 is 11.6 Å². The van der Waals surface area contributed by atoms with Crippen molar-refractivity contribution in [3.05, 3.63) is 29.8 Å². The highest BCUT2D eigenvalue weighted by Gasteiger charge is 2.05. The number of hydrogen-bond acceptors (Lipinski definition) is 3. The van der Waals surface area contributed by atoms with Gasteiger partial charge >= 0.3 is 5.97 Å². The molecule has 0 aliphatic rings. The topological polar surface area (TPSA) is 35.5 Å². The van der Waals surface area contributed by atoms with Crippen molar-refractivity contribution in [3.8, 4) is 5.75 Å². The van der Waals surface area contributed by atoms with Crippen LogP contribution in [0.3, 0.4) is 0 Å². The molecule has 0 N–H and O–H groups in total. The fourth-order valence-corrected chi connectivity index (χ4v) is 1.18. The third-order valence-corrected chi connectivity index (χ3v) is 2.07. The molecule has 1 rings (SSSR count). The SMILES string of the molecule is COC(=O)c1cccc(OCCCCl)c1. The van der Waals surface area contributed by atoms with Crippen molar-refractivity contribution in [2.24, 2.45) is 0 Å². The van der Waals surface area contributed by atoms with E-state index in [0.717, 1.165) is 6.42 Å². The zero-order chi connectivity index (χ0) is 11.1. The van der Waals surface area contributed by atoms with Crippen molar-refractivity contribution >= 4 is 17.6 Å². The minimum absolute atomic E-state index is 0.363. The zero-order valence-electron chi connectivity index (χ0n) is 8.53. The van der Waals surface area contributed by atoms with Crippen molar-refractivity contribution in [3.63, 3.8) is 0 Å². The van der Waals surface area contributed by atoms with E-state index in [1.165, 1.54) is 7.11 Å². The molecule has 82 valence electrons. The molecule has 0 radical (unpaired) electrons. The third kappa shape index (κ3) is 3.80. The van der Waals surface area contributed by atoms with E-state index in [-0.39, 0.29) is 5.97 Å². The predicted molar refractivity (Wildman–Crippen MR) is 58.6 cm³/mol. The Bertz CT molecular complexity index is 325. The summed E-state index contributed by atoms with van der Waals surface area (Å²) in [6.07, 6.45) is 0.782. The highest BCUT2D eigenvalue weighted by atomic mass is 35.5. The van der Waals surface area contributed by atoms with Gasteiger partial charge in [0, 0.05) is 5.88 Å². The van der Waals surface area contributed by atoms with Crippen LogP contribution in [0.15, 0.2) is 24.3 Å². The summed E-state index contributed by atoms with van der Waals surface area (Å²) in [5, 5.41) is 0. The van der Waals surface area contributed by atoms with Gasteiger partial charge in [-0.15, -0.1) is 11.6 Å². The van der Waals surface area contributed by atoms with Crippen LogP contribution in [0.2, 0.25) is 0 Å². The molecule has 0 heterocycles. The lowest BCUT2D eigenvalue weighted by Gasteiger charge is -2.06. The molecule has 0 unspecified atom stereocenters. The second-order valence-corrected chi connectivity index (χ2v) is 3.29. The maximum Gasteiger partial charge on any atom is 0.337 e. The first-order valence-corrected chi connectivity index (χ1v) is 5.18. The van der Waals surface area contributed by atoms with E-state index >= 15 is 0 Å². The number of hydrogen-bond donors (Lipinski definition) is 0. The number of rotatable bonds is 5. The van der Waals surface area contributed by atoms with Crippen molar-refractivity contribution in [2.45, 2.75) is 6.42 Å². The normalized spacial score (nSPS) is 9.73. The molecule has 0 saturated carbocycles. The Morgan fingerprint density at radius 1 is 1.47 bits per heavy atom. The van der Waals surface area contributed by atoms with Crippen LogP contribution < -0.4 is 4.74 Å². The van der Waals surface area contributed by atoms with Crippen LogP contribution in [0, 0.1) is 0 Å². The number of ether oxygens (including phenoxy) is 2. The summed E-state index contributed by atoms with van der Waals surface area (Å²) in [6.45, 7) is 0.550. The maximum absolute atomic E-state index is 11.2. The number of alkyl halides is 1. The summed E-state index contributed by atoms with van der Waals surface area (Å²) in [5.74, 6) is 0.859. The Labute approximate surface area is 93.9 Å². The Hall–Kier alpha value is -1.22. The Balaban J connectivity index is 2.62. The van der Waals surface area contributed by atoms with Gasteiger partial charge in [0.2, 0.25) is 0 Å². The van der Waals surface area contributed by atoms with Crippen LogP contribution in [-0.4, -0.2) is 25.6 Å². The number of methoxy groups -OCH3 is 1. The Kier molecular flexibility index (Phi) is 4.98. The van der Waals surface area contributed by atoms with E-state index in [2.05, 4.69) is 4.74 Å². The smallest absolute Gasteiger partial charge is 0.337 e. The standard InChI is InChI=1S/C11H13ClO3/c1-14-11(13)9-4-2-5-10(8-9)15-7-3-6-12/h2,4-5,8H,3,6-7H2,1H3. The van der Waals surface area contributed by atoms with Crippen molar-refractivity contribution < 1.29 is 14.3 Å². The average Bonchev–Trinajstić information content (AvgIpc) is 2.29. The molecule has 0 aromatic heterocycles.